The van der Waals surface area contributed by atoms with Crippen LogP contribution in [-0.4, -0.2) is 26.9 Å². The number of benzene rings is 2. The molecule has 0 fully saturated rings. The van der Waals surface area contributed by atoms with Crippen molar-refractivity contribution in [2.75, 3.05) is 26.0 Å². The molecule has 92 valence electrons. The molecule has 2 rings (SSSR count). The van der Waals surface area contributed by atoms with Crippen molar-refractivity contribution in [3.05, 3.63) is 65.7 Å². The Morgan fingerprint density at radius 3 is 1.89 bits per heavy atom. The Bertz CT molecular complexity index is 525. The number of hydrogen-bond acceptors (Lipinski definition) is 2. The van der Waals surface area contributed by atoms with E-state index in [0.29, 0.717) is 0 Å². The third-order valence-corrected chi connectivity index (χ3v) is 2.93. The van der Waals surface area contributed by atoms with Crippen molar-refractivity contribution in [3.63, 3.8) is 0 Å². The Morgan fingerprint density at radius 2 is 1.39 bits per heavy atom. The molecule has 0 unspecified atom stereocenters. The number of aliphatic imine (C=N–C) groups is 1. The fraction of sp³-hybridized carbons (Fsp3) is 0.188. The third kappa shape index (κ3) is 2.59. The fourth-order valence-corrected chi connectivity index (χ4v) is 1.94. The molecule has 0 aliphatic carbocycles. The zero-order valence-corrected chi connectivity index (χ0v) is 11.1. The second-order valence-electron chi connectivity index (χ2n) is 4.38. The zero-order valence-electron chi connectivity index (χ0n) is 11.1. The van der Waals surface area contributed by atoms with Crippen LogP contribution in [0, 0.1) is 0 Å². The molecule has 0 atom stereocenters. The molecule has 0 aliphatic rings. The highest BCUT2D eigenvalue weighted by Crippen LogP contribution is 2.16. The minimum Gasteiger partial charge on any atom is -0.378 e. The van der Waals surface area contributed by atoms with Crippen LogP contribution in [0.1, 0.15) is 11.1 Å². The summed E-state index contributed by atoms with van der Waals surface area (Å²) < 4.78 is 0. The third-order valence-electron chi connectivity index (χ3n) is 2.93. The first-order chi connectivity index (χ1) is 8.72. The first kappa shape index (κ1) is 12.4. The highest BCUT2D eigenvalue weighted by molar-refractivity contribution is 6.12. The van der Waals surface area contributed by atoms with E-state index in [4.69, 9.17) is 0 Å². The van der Waals surface area contributed by atoms with Crippen molar-refractivity contribution in [3.8, 4) is 0 Å². The molecule has 2 nitrogen and oxygen atoms in total. The Kier molecular flexibility index (Phi) is 3.78. The van der Waals surface area contributed by atoms with E-state index in [9.17, 15) is 0 Å². The second-order valence-corrected chi connectivity index (χ2v) is 4.38. The van der Waals surface area contributed by atoms with Crippen LogP contribution in [0.4, 0.5) is 5.69 Å². The van der Waals surface area contributed by atoms with Gasteiger partial charge in [-0.1, -0.05) is 42.5 Å². The van der Waals surface area contributed by atoms with Crippen LogP contribution in [0.15, 0.2) is 59.6 Å². The average molecular weight is 238 g/mol. The van der Waals surface area contributed by atoms with Crippen molar-refractivity contribution < 1.29 is 0 Å². The van der Waals surface area contributed by atoms with Gasteiger partial charge in [0.15, 0.2) is 0 Å². The monoisotopic (exact) mass is 238 g/mol. The van der Waals surface area contributed by atoms with Crippen LogP contribution >= 0.6 is 0 Å². The van der Waals surface area contributed by atoms with E-state index in [1.54, 1.807) is 0 Å². The highest BCUT2D eigenvalue weighted by atomic mass is 15.1. The Morgan fingerprint density at radius 1 is 0.833 bits per heavy atom. The molecule has 2 aromatic rings. The van der Waals surface area contributed by atoms with Gasteiger partial charge in [-0.25, -0.2) is 0 Å². The molecule has 0 saturated carbocycles. The predicted molar refractivity (Wildman–Crippen MR) is 78.8 cm³/mol. The zero-order chi connectivity index (χ0) is 13.0. The lowest BCUT2D eigenvalue weighted by molar-refractivity contribution is 1.13. The van der Waals surface area contributed by atoms with Gasteiger partial charge in [0.05, 0.1) is 5.71 Å². The van der Waals surface area contributed by atoms with E-state index in [0.717, 1.165) is 16.8 Å². The molecule has 2 heteroatoms. The van der Waals surface area contributed by atoms with Crippen molar-refractivity contribution in [2.24, 2.45) is 4.99 Å². The summed E-state index contributed by atoms with van der Waals surface area (Å²) in [6.45, 7) is 0. The van der Waals surface area contributed by atoms with E-state index in [-0.39, 0.29) is 0 Å². The summed E-state index contributed by atoms with van der Waals surface area (Å²) in [5.74, 6) is 0. The Balaban J connectivity index is 2.35. The summed E-state index contributed by atoms with van der Waals surface area (Å²) in [5, 5.41) is 0. The average Bonchev–Trinajstić information content (AvgIpc) is 2.41. The molecule has 2 aromatic carbocycles. The lowest BCUT2D eigenvalue weighted by Crippen LogP contribution is -2.09. The summed E-state index contributed by atoms with van der Waals surface area (Å²) >= 11 is 0. The maximum absolute atomic E-state index is 4.41. The van der Waals surface area contributed by atoms with Gasteiger partial charge in [-0.2, -0.15) is 0 Å². The van der Waals surface area contributed by atoms with Gasteiger partial charge in [0.1, 0.15) is 0 Å². The van der Waals surface area contributed by atoms with Gasteiger partial charge in [0, 0.05) is 38.0 Å². The minimum absolute atomic E-state index is 1.03. The molecule has 0 saturated heterocycles. The predicted octanol–water partition coefficient (Wildman–Crippen LogP) is 3.22. The molecule has 18 heavy (non-hydrogen) atoms. The largest absolute Gasteiger partial charge is 0.378 e. The number of hydrogen-bond donors (Lipinski definition) is 0. The van der Waals surface area contributed by atoms with Crippen LogP contribution < -0.4 is 4.90 Å². The lowest BCUT2D eigenvalue weighted by atomic mass is 10.0. The van der Waals surface area contributed by atoms with Gasteiger partial charge in [0.25, 0.3) is 0 Å². The number of nitrogens with zero attached hydrogens (tertiary/aromatic N) is 2. The summed E-state index contributed by atoms with van der Waals surface area (Å²) in [5.41, 5.74) is 4.52. The Labute approximate surface area is 109 Å². The highest BCUT2D eigenvalue weighted by Gasteiger charge is 2.05. The summed E-state index contributed by atoms with van der Waals surface area (Å²) in [4.78, 5) is 6.50. The van der Waals surface area contributed by atoms with Gasteiger partial charge in [-0.05, 0) is 12.1 Å². The molecule has 0 N–H and O–H groups in total. The van der Waals surface area contributed by atoms with E-state index in [1.807, 2.05) is 39.3 Å². The molecule has 0 radical (unpaired) electrons. The Hall–Kier alpha value is -2.09. The van der Waals surface area contributed by atoms with E-state index < -0.39 is 0 Å². The molecule has 0 spiro atoms. The van der Waals surface area contributed by atoms with Crippen molar-refractivity contribution >= 4 is 11.4 Å². The number of anilines is 1. The summed E-state index contributed by atoms with van der Waals surface area (Å²) in [6, 6.07) is 18.7. The summed E-state index contributed by atoms with van der Waals surface area (Å²) in [6.07, 6.45) is 0. The van der Waals surface area contributed by atoms with Gasteiger partial charge < -0.3 is 4.90 Å². The van der Waals surface area contributed by atoms with Crippen molar-refractivity contribution in [2.45, 2.75) is 0 Å². The van der Waals surface area contributed by atoms with Gasteiger partial charge in [-0.3, -0.25) is 4.99 Å². The molecule has 0 heterocycles. The molecule has 0 aromatic heterocycles. The molecular weight excluding hydrogens is 220 g/mol. The first-order valence-corrected chi connectivity index (χ1v) is 6.02. The smallest absolute Gasteiger partial charge is 0.0715 e. The lowest BCUT2D eigenvalue weighted by Gasteiger charge is -2.13. The van der Waals surface area contributed by atoms with E-state index in [1.165, 1.54) is 5.69 Å². The van der Waals surface area contributed by atoms with Crippen LogP contribution in [0.3, 0.4) is 0 Å². The standard InChI is InChI=1S/C16H18N2/c1-17-16(13-7-5-4-6-8-13)14-9-11-15(12-10-14)18(2)3/h4-12H,1-3H3. The summed E-state index contributed by atoms with van der Waals surface area (Å²) in [7, 11) is 5.92. The molecule has 0 amide bonds. The fourth-order valence-electron chi connectivity index (χ4n) is 1.94. The maximum Gasteiger partial charge on any atom is 0.0715 e. The normalized spacial score (nSPS) is 11.4. The molecular formula is C16H18N2. The number of rotatable bonds is 3. The maximum atomic E-state index is 4.41. The first-order valence-electron chi connectivity index (χ1n) is 6.02. The second kappa shape index (κ2) is 5.50. The topological polar surface area (TPSA) is 15.6 Å². The van der Waals surface area contributed by atoms with Gasteiger partial charge >= 0.3 is 0 Å². The van der Waals surface area contributed by atoms with E-state index in [2.05, 4.69) is 46.3 Å². The van der Waals surface area contributed by atoms with Crippen LogP contribution in [0.2, 0.25) is 0 Å². The van der Waals surface area contributed by atoms with E-state index >= 15 is 0 Å². The van der Waals surface area contributed by atoms with Crippen molar-refractivity contribution in [1.29, 1.82) is 0 Å². The van der Waals surface area contributed by atoms with Gasteiger partial charge in [0.2, 0.25) is 0 Å². The van der Waals surface area contributed by atoms with Crippen LogP contribution in [0.25, 0.3) is 0 Å². The quantitative estimate of drug-likeness (QED) is 0.750. The minimum atomic E-state index is 1.03. The van der Waals surface area contributed by atoms with Crippen molar-refractivity contribution in [1.82, 2.24) is 0 Å². The molecule has 0 aliphatic heterocycles. The van der Waals surface area contributed by atoms with Crippen LogP contribution in [0.5, 0.6) is 0 Å². The van der Waals surface area contributed by atoms with Crippen LogP contribution in [-0.2, 0) is 0 Å². The SMILES string of the molecule is CN=C(c1ccccc1)c1ccc(N(C)C)cc1. The molecule has 0 bridgehead atoms. The van der Waals surface area contributed by atoms with Gasteiger partial charge in [-0.15, -0.1) is 0 Å².